The minimum absolute atomic E-state index is 0.00146. The van der Waals surface area contributed by atoms with Gasteiger partial charge in [-0.05, 0) is 51.0 Å². The fourth-order valence-corrected chi connectivity index (χ4v) is 4.32. The molecule has 8 nitrogen and oxygen atoms in total. The maximum atomic E-state index is 12.1. The molecule has 0 saturated heterocycles. The van der Waals surface area contributed by atoms with Gasteiger partial charge in [0.1, 0.15) is 0 Å². The first-order valence-electron chi connectivity index (χ1n) is 9.28. The fourth-order valence-electron chi connectivity index (χ4n) is 2.43. The van der Waals surface area contributed by atoms with Gasteiger partial charge in [0.15, 0.2) is 0 Å². The molecule has 10 heteroatoms. The molecular weight excluding hydrogens is 432 g/mol. The molecule has 2 N–H and O–H groups in total. The first-order chi connectivity index (χ1) is 14.0. The molecule has 30 heavy (non-hydrogen) atoms. The number of benzene rings is 2. The highest BCUT2D eigenvalue weighted by atomic mass is 32.2. The van der Waals surface area contributed by atoms with Crippen LogP contribution in [-0.2, 0) is 28.6 Å². The molecule has 0 heterocycles. The molecule has 2 rings (SSSR count). The molecule has 0 radical (unpaired) electrons. The van der Waals surface area contributed by atoms with Gasteiger partial charge < -0.3 is 10.2 Å². The van der Waals surface area contributed by atoms with E-state index in [1.165, 1.54) is 24.3 Å². The predicted octanol–water partition coefficient (Wildman–Crippen LogP) is 1.92. The van der Waals surface area contributed by atoms with E-state index in [4.69, 9.17) is 8.37 Å². The van der Waals surface area contributed by atoms with Crippen LogP contribution in [0.25, 0.3) is 0 Å². The monoisotopic (exact) mass is 458 g/mol. The summed E-state index contributed by atoms with van der Waals surface area (Å²) >= 11 is 0. The number of hydrogen-bond donors (Lipinski definition) is 2. The molecule has 2 atom stereocenters. The Morgan fingerprint density at radius 1 is 0.667 bits per heavy atom. The Kier molecular flexibility index (Phi) is 8.53. The molecular formula is C20H26O8S2. The Hall–Kier alpha value is -1.82. The third kappa shape index (κ3) is 7.46. The molecule has 0 bridgehead atoms. The summed E-state index contributed by atoms with van der Waals surface area (Å²) in [5.74, 6) is 0. The molecule has 0 fully saturated rings. The topological polar surface area (TPSA) is 127 Å². The van der Waals surface area contributed by atoms with E-state index in [9.17, 15) is 27.0 Å². The van der Waals surface area contributed by atoms with Crippen LogP contribution in [0.1, 0.15) is 24.0 Å². The van der Waals surface area contributed by atoms with Gasteiger partial charge in [0.25, 0.3) is 20.2 Å². The van der Waals surface area contributed by atoms with Gasteiger partial charge in [-0.1, -0.05) is 35.4 Å². The molecule has 0 unspecified atom stereocenters. The minimum atomic E-state index is -4.00. The van der Waals surface area contributed by atoms with E-state index in [1.54, 1.807) is 24.3 Å². The number of hydrogen-bond acceptors (Lipinski definition) is 8. The Morgan fingerprint density at radius 3 is 1.27 bits per heavy atom. The summed E-state index contributed by atoms with van der Waals surface area (Å²) in [6.07, 6.45) is -2.32. The first-order valence-corrected chi connectivity index (χ1v) is 12.1. The van der Waals surface area contributed by atoms with Gasteiger partial charge in [0.2, 0.25) is 0 Å². The zero-order chi connectivity index (χ0) is 22.4. The van der Waals surface area contributed by atoms with Crippen LogP contribution in [0.15, 0.2) is 58.3 Å². The summed E-state index contributed by atoms with van der Waals surface area (Å²) in [4.78, 5) is -0.0369. The lowest BCUT2D eigenvalue weighted by molar-refractivity contribution is 0.0616. The van der Waals surface area contributed by atoms with Crippen molar-refractivity contribution in [3.8, 4) is 0 Å². The lowest BCUT2D eigenvalue weighted by Gasteiger charge is -2.15. The van der Waals surface area contributed by atoms with Crippen LogP contribution < -0.4 is 0 Å². The van der Waals surface area contributed by atoms with Gasteiger partial charge in [-0.3, -0.25) is 8.37 Å². The van der Waals surface area contributed by atoms with Crippen molar-refractivity contribution in [2.24, 2.45) is 0 Å². The second-order valence-electron chi connectivity index (χ2n) is 6.99. The SMILES string of the molecule is Cc1ccc(S(=O)(=O)OC[C@@H](O)CC[C@H](O)COS(=O)(=O)c2ccc(C)cc2)cc1. The van der Waals surface area contributed by atoms with Crippen molar-refractivity contribution in [1.82, 2.24) is 0 Å². The van der Waals surface area contributed by atoms with E-state index in [2.05, 4.69) is 0 Å². The van der Waals surface area contributed by atoms with E-state index < -0.39 is 45.7 Å². The second kappa shape index (κ2) is 10.5. The van der Waals surface area contributed by atoms with Gasteiger partial charge in [0.05, 0.1) is 35.2 Å². The smallest absolute Gasteiger partial charge is 0.297 e. The second-order valence-corrected chi connectivity index (χ2v) is 10.2. The van der Waals surface area contributed by atoms with E-state index in [0.29, 0.717) is 0 Å². The van der Waals surface area contributed by atoms with Crippen LogP contribution in [0.3, 0.4) is 0 Å². The average Bonchev–Trinajstić information content (AvgIpc) is 2.70. The highest BCUT2D eigenvalue weighted by Gasteiger charge is 2.20. The lowest BCUT2D eigenvalue weighted by Crippen LogP contribution is -2.24. The summed E-state index contributed by atoms with van der Waals surface area (Å²) in [5, 5.41) is 19.8. The average molecular weight is 459 g/mol. The minimum Gasteiger partial charge on any atom is -0.391 e. The number of aryl methyl sites for hydroxylation is 2. The van der Waals surface area contributed by atoms with Gasteiger partial charge in [-0.25, -0.2) is 0 Å². The quantitative estimate of drug-likeness (QED) is 0.489. The normalized spacial score (nSPS) is 14.4. The van der Waals surface area contributed by atoms with Gasteiger partial charge in [-0.15, -0.1) is 0 Å². The van der Waals surface area contributed by atoms with E-state index in [0.717, 1.165) is 11.1 Å². The molecule has 166 valence electrons. The van der Waals surface area contributed by atoms with Gasteiger partial charge in [-0.2, -0.15) is 16.8 Å². The summed E-state index contributed by atoms with van der Waals surface area (Å²) in [6.45, 7) is 2.68. The zero-order valence-electron chi connectivity index (χ0n) is 16.8. The van der Waals surface area contributed by atoms with Gasteiger partial charge in [0, 0.05) is 0 Å². The molecule has 0 aromatic heterocycles. The van der Waals surface area contributed by atoms with Crippen LogP contribution >= 0.6 is 0 Å². The van der Waals surface area contributed by atoms with Crippen molar-refractivity contribution in [3.63, 3.8) is 0 Å². The molecule has 0 aliphatic carbocycles. The van der Waals surface area contributed by atoms with Crippen LogP contribution in [0, 0.1) is 13.8 Å². The zero-order valence-corrected chi connectivity index (χ0v) is 18.4. The van der Waals surface area contributed by atoms with Crippen molar-refractivity contribution < 1.29 is 35.4 Å². The Morgan fingerprint density at radius 2 is 0.967 bits per heavy atom. The molecule has 2 aromatic rings. The maximum absolute atomic E-state index is 12.1. The molecule has 2 aromatic carbocycles. The van der Waals surface area contributed by atoms with E-state index in [1.807, 2.05) is 13.8 Å². The third-order valence-corrected chi connectivity index (χ3v) is 6.88. The van der Waals surface area contributed by atoms with Crippen molar-refractivity contribution >= 4 is 20.2 Å². The molecule has 0 amide bonds. The number of aliphatic hydroxyl groups is 2. The summed E-state index contributed by atoms with van der Waals surface area (Å²) in [6, 6.07) is 12.2. The Balaban J connectivity index is 1.76. The van der Waals surface area contributed by atoms with Gasteiger partial charge >= 0.3 is 0 Å². The van der Waals surface area contributed by atoms with Crippen LogP contribution in [0.2, 0.25) is 0 Å². The highest BCUT2D eigenvalue weighted by molar-refractivity contribution is 7.87. The Labute approximate surface area is 177 Å². The van der Waals surface area contributed by atoms with Crippen molar-refractivity contribution in [2.45, 2.75) is 48.7 Å². The number of rotatable bonds is 11. The third-order valence-electron chi connectivity index (χ3n) is 4.28. The van der Waals surface area contributed by atoms with Crippen LogP contribution in [0.4, 0.5) is 0 Å². The summed E-state index contributed by atoms with van der Waals surface area (Å²) < 4.78 is 58.0. The summed E-state index contributed by atoms with van der Waals surface area (Å²) in [5.41, 5.74) is 1.80. The first kappa shape index (κ1) is 24.4. The van der Waals surface area contributed by atoms with Crippen LogP contribution in [0.5, 0.6) is 0 Å². The fraction of sp³-hybridized carbons (Fsp3) is 0.400. The highest BCUT2D eigenvalue weighted by Crippen LogP contribution is 2.16. The molecule has 0 spiro atoms. The van der Waals surface area contributed by atoms with Crippen molar-refractivity contribution in [3.05, 3.63) is 59.7 Å². The summed E-state index contributed by atoms with van der Waals surface area (Å²) in [7, 11) is -8.00. The van der Waals surface area contributed by atoms with Crippen molar-refractivity contribution in [2.75, 3.05) is 13.2 Å². The molecule has 0 aliphatic rings. The molecule has 0 aliphatic heterocycles. The Bertz CT molecular complexity index is 928. The predicted molar refractivity (Wildman–Crippen MR) is 110 cm³/mol. The number of aliphatic hydroxyl groups excluding tert-OH is 2. The standard InChI is InChI=1S/C20H26O8S2/c1-15-3-9-19(10-4-15)29(23,24)27-13-17(21)7-8-18(22)14-28-30(25,26)20-11-5-16(2)6-12-20/h3-6,9-12,17-18,21-22H,7-8,13-14H2,1-2H3/t17-,18-/m0/s1. The lowest BCUT2D eigenvalue weighted by atomic mass is 10.1. The molecule has 0 saturated carbocycles. The maximum Gasteiger partial charge on any atom is 0.297 e. The van der Waals surface area contributed by atoms with Crippen LogP contribution in [-0.4, -0.2) is 52.5 Å². The van der Waals surface area contributed by atoms with Crippen molar-refractivity contribution in [1.29, 1.82) is 0 Å². The largest absolute Gasteiger partial charge is 0.391 e. The van der Waals surface area contributed by atoms with E-state index >= 15 is 0 Å². The van der Waals surface area contributed by atoms with E-state index in [-0.39, 0.29) is 22.6 Å².